The summed E-state index contributed by atoms with van der Waals surface area (Å²) in [6.07, 6.45) is 0. The number of carbonyl (C=O) groups is 2. The van der Waals surface area contributed by atoms with Gasteiger partial charge in [0.25, 0.3) is 5.91 Å². The van der Waals surface area contributed by atoms with E-state index in [1.165, 1.54) is 6.92 Å². The van der Waals surface area contributed by atoms with Crippen molar-refractivity contribution in [3.05, 3.63) is 59.7 Å². The molecule has 2 rings (SSSR count). The number of amides is 1. The molecule has 0 saturated heterocycles. The molecule has 0 radical (unpaired) electrons. The minimum absolute atomic E-state index is 0.0429. The van der Waals surface area contributed by atoms with Gasteiger partial charge in [0, 0.05) is 23.9 Å². The van der Waals surface area contributed by atoms with Gasteiger partial charge in [0.05, 0.1) is 6.61 Å². The Bertz CT molecular complexity index is 680. The van der Waals surface area contributed by atoms with E-state index in [1.54, 1.807) is 55.6 Å². The summed E-state index contributed by atoms with van der Waals surface area (Å²) in [5.74, 6) is 0.394. The van der Waals surface area contributed by atoms with Crippen LogP contribution in [0.1, 0.15) is 27.6 Å². The first-order valence-electron chi connectivity index (χ1n) is 7.24. The Morgan fingerprint density at radius 3 is 2.39 bits per heavy atom. The lowest BCUT2D eigenvalue weighted by Gasteiger charge is -2.08. The normalized spacial score (nSPS) is 10.2. The number of hydrogen-bond donors (Lipinski definition) is 1. The fourth-order valence-electron chi connectivity index (χ4n) is 1.96. The van der Waals surface area contributed by atoms with E-state index in [0.29, 0.717) is 35.8 Å². The van der Waals surface area contributed by atoms with E-state index in [9.17, 15) is 9.59 Å². The molecule has 0 aliphatic heterocycles. The number of benzene rings is 2. The van der Waals surface area contributed by atoms with E-state index < -0.39 is 0 Å². The molecule has 2 aromatic carbocycles. The van der Waals surface area contributed by atoms with Crippen LogP contribution in [-0.4, -0.2) is 32.0 Å². The fourth-order valence-corrected chi connectivity index (χ4v) is 1.96. The van der Waals surface area contributed by atoms with Gasteiger partial charge < -0.3 is 14.8 Å². The van der Waals surface area contributed by atoms with Crippen molar-refractivity contribution in [1.29, 1.82) is 0 Å². The number of anilines is 1. The Labute approximate surface area is 135 Å². The summed E-state index contributed by atoms with van der Waals surface area (Å²) in [6, 6.07) is 13.7. The molecule has 1 amide bonds. The Kier molecular flexibility index (Phi) is 5.88. The maximum Gasteiger partial charge on any atom is 0.255 e. The van der Waals surface area contributed by atoms with Crippen LogP contribution in [0.5, 0.6) is 5.75 Å². The Balaban J connectivity index is 2.00. The molecular formula is C18H19NO4. The average Bonchev–Trinajstić information content (AvgIpc) is 2.56. The molecule has 2 aromatic rings. The second-order valence-corrected chi connectivity index (χ2v) is 4.96. The van der Waals surface area contributed by atoms with Gasteiger partial charge in [-0.1, -0.05) is 12.1 Å². The molecule has 0 fully saturated rings. The highest BCUT2D eigenvalue weighted by atomic mass is 16.5. The van der Waals surface area contributed by atoms with Gasteiger partial charge in [0.1, 0.15) is 12.4 Å². The predicted octanol–water partition coefficient (Wildman–Crippen LogP) is 3.17. The SMILES string of the molecule is COCCOc1ccc(C(=O)Nc2cccc(C(C)=O)c2)cc1. The molecule has 0 saturated carbocycles. The molecule has 0 aromatic heterocycles. The average molecular weight is 313 g/mol. The summed E-state index contributed by atoms with van der Waals surface area (Å²) in [5.41, 5.74) is 1.66. The topological polar surface area (TPSA) is 64.6 Å². The zero-order valence-corrected chi connectivity index (χ0v) is 13.2. The van der Waals surface area contributed by atoms with E-state index in [0.717, 1.165) is 0 Å². The minimum Gasteiger partial charge on any atom is -0.491 e. The van der Waals surface area contributed by atoms with Gasteiger partial charge in [-0.2, -0.15) is 0 Å². The number of Topliss-reactive ketones (excluding diaryl/α,β-unsaturated/α-hetero) is 1. The van der Waals surface area contributed by atoms with Crippen molar-refractivity contribution in [3.8, 4) is 5.75 Å². The van der Waals surface area contributed by atoms with E-state index in [-0.39, 0.29) is 11.7 Å². The van der Waals surface area contributed by atoms with Crippen molar-refractivity contribution in [2.24, 2.45) is 0 Å². The molecule has 0 aliphatic rings. The third kappa shape index (κ3) is 4.93. The van der Waals surface area contributed by atoms with Crippen LogP contribution in [-0.2, 0) is 4.74 Å². The molecule has 5 heteroatoms. The van der Waals surface area contributed by atoms with Gasteiger partial charge in [-0.05, 0) is 43.3 Å². The van der Waals surface area contributed by atoms with Crippen LogP contribution in [0.25, 0.3) is 0 Å². The Hall–Kier alpha value is -2.66. The van der Waals surface area contributed by atoms with Crippen molar-refractivity contribution in [3.63, 3.8) is 0 Å². The van der Waals surface area contributed by atoms with Crippen molar-refractivity contribution in [2.45, 2.75) is 6.92 Å². The summed E-state index contributed by atoms with van der Waals surface area (Å²) < 4.78 is 10.4. The second-order valence-electron chi connectivity index (χ2n) is 4.96. The third-order valence-electron chi connectivity index (χ3n) is 3.20. The second kappa shape index (κ2) is 8.10. The molecule has 5 nitrogen and oxygen atoms in total. The maximum atomic E-state index is 12.2. The van der Waals surface area contributed by atoms with E-state index in [1.807, 2.05) is 0 Å². The molecule has 23 heavy (non-hydrogen) atoms. The molecule has 120 valence electrons. The number of hydrogen-bond acceptors (Lipinski definition) is 4. The van der Waals surface area contributed by atoms with Crippen molar-refractivity contribution >= 4 is 17.4 Å². The zero-order valence-electron chi connectivity index (χ0n) is 13.2. The third-order valence-corrected chi connectivity index (χ3v) is 3.20. The van der Waals surface area contributed by atoms with Crippen molar-refractivity contribution in [2.75, 3.05) is 25.6 Å². The number of carbonyl (C=O) groups excluding carboxylic acids is 2. The van der Waals surface area contributed by atoms with Crippen LogP contribution >= 0.6 is 0 Å². The van der Waals surface area contributed by atoms with Crippen LogP contribution in [0.2, 0.25) is 0 Å². The van der Waals surface area contributed by atoms with E-state index >= 15 is 0 Å². The molecule has 0 aliphatic carbocycles. The molecule has 0 spiro atoms. The van der Waals surface area contributed by atoms with Crippen LogP contribution in [0.4, 0.5) is 5.69 Å². The first kappa shape index (κ1) is 16.7. The smallest absolute Gasteiger partial charge is 0.255 e. The van der Waals surface area contributed by atoms with Gasteiger partial charge in [0.2, 0.25) is 0 Å². The van der Waals surface area contributed by atoms with Gasteiger partial charge in [-0.25, -0.2) is 0 Å². The van der Waals surface area contributed by atoms with Crippen molar-refractivity contribution < 1.29 is 19.1 Å². The number of nitrogens with one attached hydrogen (secondary N) is 1. The predicted molar refractivity (Wildman–Crippen MR) is 88.2 cm³/mol. The number of ether oxygens (including phenoxy) is 2. The summed E-state index contributed by atoms with van der Waals surface area (Å²) in [7, 11) is 1.61. The summed E-state index contributed by atoms with van der Waals surface area (Å²) in [6.45, 7) is 2.46. The fraction of sp³-hybridized carbons (Fsp3) is 0.222. The highest BCUT2D eigenvalue weighted by Crippen LogP contribution is 2.15. The van der Waals surface area contributed by atoms with Gasteiger partial charge >= 0.3 is 0 Å². The van der Waals surface area contributed by atoms with Crippen molar-refractivity contribution in [1.82, 2.24) is 0 Å². The molecule has 0 unspecified atom stereocenters. The zero-order chi connectivity index (χ0) is 16.7. The largest absolute Gasteiger partial charge is 0.491 e. The maximum absolute atomic E-state index is 12.2. The number of ketones is 1. The first-order valence-corrected chi connectivity index (χ1v) is 7.24. The molecular weight excluding hydrogens is 294 g/mol. The van der Waals surface area contributed by atoms with Crippen LogP contribution < -0.4 is 10.1 Å². The minimum atomic E-state index is -0.242. The number of methoxy groups -OCH3 is 1. The monoisotopic (exact) mass is 313 g/mol. The molecule has 1 N–H and O–H groups in total. The molecule has 0 atom stereocenters. The highest BCUT2D eigenvalue weighted by Gasteiger charge is 2.07. The lowest BCUT2D eigenvalue weighted by atomic mass is 10.1. The molecule has 0 heterocycles. The summed E-state index contributed by atoms with van der Waals surface area (Å²) in [5, 5.41) is 2.77. The van der Waals surface area contributed by atoms with Crippen LogP contribution in [0.3, 0.4) is 0 Å². The molecule has 0 bridgehead atoms. The summed E-state index contributed by atoms with van der Waals surface area (Å²) in [4.78, 5) is 23.6. The van der Waals surface area contributed by atoms with Gasteiger partial charge in [-0.3, -0.25) is 9.59 Å². The van der Waals surface area contributed by atoms with Gasteiger partial charge in [0.15, 0.2) is 5.78 Å². The van der Waals surface area contributed by atoms with E-state index in [4.69, 9.17) is 9.47 Å². The Morgan fingerprint density at radius 2 is 1.74 bits per heavy atom. The first-order chi connectivity index (χ1) is 11.1. The standard InChI is InChI=1S/C18H19NO4/c1-13(20)15-4-3-5-16(12-15)19-18(21)14-6-8-17(9-7-14)23-11-10-22-2/h3-9,12H,10-11H2,1-2H3,(H,19,21). The van der Waals surface area contributed by atoms with E-state index in [2.05, 4.69) is 5.32 Å². The van der Waals surface area contributed by atoms with Gasteiger partial charge in [-0.15, -0.1) is 0 Å². The lowest BCUT2D eigenvalue weighted by Crippen LogP contribution is -2.12. The quantitative estimate of drug-likeness (QED) is 0.630. The Morgan fingerprint density at radius 1 is 1.00 bits per heavy atom. The highest BCUT2D eigenvalue weighted by molar-refractivity contribution is 6.05. The lowest BCUT2D eigenvalue weighted by molar-refractivity contribution is 0.101. The van der Waals surface area contributed by atoms with Crippen LogP contribution in [0.15, 0.2) is 48.5 Å². The van der Waals surface area contributed by atoms with Crippen LogP contribution in [0, 0.1) is 0 Å². The summed E-state index contributed by atoms with van der Waals surface area (Å²) >= 11 is 0. The number of rotatable bonds is 7.